The number of pyridine rings is 1. The first kappa shape index (κ1) is 30.2. The molecular weight excluding hydrogens is 586 g/mol. The molecular formula is C30H27F4N5O3S. The Hall–Kier alpha value is -4.23. The molecule has 0 unspecified atom stereocenters. The van der Waals surface area contributed by atoms with Gasteiger partial charge in [0, 0.05) is 28.3 Å². The summed E-state index contributed by atoms with van der Waals surface area (Å²) in [5, 5.41) is 8.12. The highest BCUT2D eigenvalue weighted by molar-refractivity contribution is 7.91. The Bertz CT molecular complexity index is 1800. The van der Waals surface area contributed by atoms with Crippen LogP contribution in [0.4, 0.5) is 23.2 Å². The third-order valence-corrected chi connectivity index (χ3v) is 8.87. The largest absolute Gasteiger partial charge is 0.417 e. The van der Waals surface area contributed by atoms with Gasteiger partial charge in [-0.15, -0.1) is 0 Å². The number of nitrogens with two attached hydrogens (primary N) is 1. The maximum absolute atomic E-state index is 15.5. The number of anilines is 1. The van der Waals surface area contributed by atoms with Crippen LogP contribution in [0, 0.1) is 5.82 Å². The number of carbonyl (C=O) groups excluding carboxylic acids is 1. The molecule has 4 aromatic rings. The number of carbonyl (C=O) groups is 1. The third kappa shape index (κ3) is 6.13. The number of alkyl halides is 3. The Morgan fingerprint density at radius 2 is 1.67 bits per heavy atom. The molecule has 0 saturated heterocycles. The molecule has 3 heterocycles. The Morgan fingerprint density at radius 1 is 0.977 bits per heavy atom. The zero-order valence-corrected chi connectivity index (χ0v) is 24.2. The van der Waals surface area contributed by atoms with Gasteiger partial charge >= 0.3 is 6.18 Å². The van der Waals surface area contributed by atoms with Crippen LogP contribution >= 0.6 is 0 Å². The summed E-state index contributed by atoms with van der Waals surface area (Å²) in [6.07, 6.45) is -2.40. The van der Waals surface area contributed by atoms with Crippen molar-refractivity contribution in [3.63, 3.8) is 0 Å². The molecule has 0 radical (unpaired) electrons. The van der Waals surface area contributed by atoms with Gasteiger partial charge in [-0.1, -0.05) is 45.0 Å². The minimum atomic E-state index is -4.51. The highest BCUT2D eigenvalue weighted by Gasteiger charge is 2.37. The molecule has 0 spiro atoms. The van der Waals surface area contributed by atoms with Gasteiger partial charge < -0.3 is 10.6 Å². The van der Waals surface area contributed by atoms with E-state index in [-0.39, 0.29) is 22.7 Å². The molecule has 0 bridgehead atoms. The average molecular weight is 614 g/mol. The van der Waals surface area contributed by atoms with Crippen LogP contribution in [0.15, 0.2) is 71.9 Å². The lowest BCUT2D eigenvalue weighted by atomic mass is 9.90. The molecule has 2 aromatic carbocycles. The summed E-state index contributed by atoms with van der Waals surface area (Å²) in [5.41, 5.74) is 7.09. The van der Waals surface area contributed by atoms with Crippen LogP contribution in [-0.2, 0) is 32.8 Å². The molecule has 224 valence electrons. The van der Waals surface area contributed by atoms with Crippen molar-refractivity contribution in [2.24, 2.45) is 5.73 Å². The fraction of sp³-hybridized carbons (Fsp3) is 0.267. The van der Waals surface area contributed by atoms with Crippen molar-refractivity contribution >= 4 is 21.4 Å². The lowest BCUT2D eigenvalue weighted by Crippen LogP contribution is -2.45. The molecule has 1 amide bonds. The lowest BCUT2D eigenvalue weighted by Gasteiger charge is -2.25. The first-order valence-electron chi connectivity index (χ1n) is 13.1. The van der Waals surface area contributed by atoms with Gasteiger partial charge in [-0.25, -0.2) is 12.8 Å². The summed E-state index contributed by atoms with van der Waals surface area (Å²) in [6.45, 7) is 5.65. The number of rotatable bonds is 4. The van der Waals surface area contributed by atoms with Crippen LogP contribution in [-0.4, -0.2) is 41.3 Å². The monoisotopic (exact) mass is 613 g/mol. The van der Waals surface area contributed by atoms with Crippen molar-refractivity contribution in [3.05, 3.63) is 89.6 Å². The number of hydrogen-bond donors (Lipinski definition) is 1. The topological polar surface area (TPSA) is 119 Å². The zero-order valence-electron chi connectivity index (χ0n) is 23.4. The van der Waals surface area contributed by atoms with Gasteiger partial charge in [-0.2, -0.15) is 23.4 Å². The van der Waals surface area contributed by atoms with Gasteiger partial charge in [0.2, 0.25) is 5.91 Å². The summed E-state index contributed by atoms with van der Waals surface area (Å²) < 4.78 is 80.6. The SMILES string of the molecule is CC(C)(C)c1cc(-c2cc3c(cc2F)S(=O)(=O)C[C@H](N)C(=O)N3Cc2ccc(-c3ccc(C(F)(F)F)cn3)cc2)cnn1. The molecule has 0 aliphatic carbocycles. The second-order valence-corrected chi connectivity index (χ2v) is 13.3. The number of fused-ring (bicyclic) bond motifs is 1. The van der Waals surface area contributed by atoms with Crippen molar-refractivity contribution < 1.29 is 30.8 Å². The molecule has 5 rings (SSSR count). The van der Waals surface area contributed by atoms with Crippen molar-refractivity contribution in [2.75, 3.05) is 10.7 Å². The maximum atomic E-state index is 15.5. The Balaban J connectivity index is 1.55. The highest BCUT2D eigenvalue weighted by Crippen LogP contribution is 2.38. The number of aromatic nitrogens is 3. The number of sulfone groups is 1. The molecule has 2 N–H and O–H groups in total. The van der Waals surface area contributed by atoms with E-state index in [0.29, 0.717) is 28.1 Å². The van der Waals surface area contributed by atoms with E-state index in [1.807, 2.05) is 20.8 Å². The standard InChI is InChI=1S/C30H27F4N5O3S/c1-29(2,3)27-10-19(13-37-38-27)21-11-25-26(12-22(21)31)43(41,42)16-23(35)28(40)39(25)15-17-4-6-18(7-5-17)24-9-8-20(14-36-24)30(32,33)34/h4-14,23H,15-16,35H2,1-3H3/t23-/m0/s1. The van der Waals surface area contributed by atoms with Crippen molar-refractivity contribution in [1.82, 2.24) is 15.2 Å². The van der Waals surface area contributed by atoms with E-state index in [2.05, 4.69) is 15.2 Å². The van der Waals surface area contributed by atoms with E-state index < -0.39 is 50.5 Å². The molecule has 2 aromatic heterocycles. The predicted molar refractivity (Wildman–Crippen MR) is 152 cm³/mol. The van der Waals surface area contributed by atoms with E-state index in [9.17, 15) is 26.4 Å². The summed E-state index contributed by atoms with van der Waals surface area (Å²) in [5.74, 6) is -2.18. The van der Waals surface area contributed by atoms with Crippen LogP contribution in [0.2, 0.25) is 0 Å². The van der Waals surface area contributed by atoms with Crippen LogP contribution in [0.3, 0.4) is 0 Å². The molecule has 43 heavy (non-hydrogen) atoms. The number of benzene rings is 2. The fourth-order valence-corrected chi connectivity index (χ4v) is 6.25. The molecule has 1 aliphatic heterocycles. The second-order valence-electron chi connectivity index (χ2n) is 11.3. The Morgan fingerprint density at radius 3 is 2.28 bits per heavy atom. The predicted octanol–water partition coefficient (Wildman–Crippen LogP) is 5.31. The first-order chi connectivity index (χ1) is 20.0. The molecule has 1 aliphatic rings. The third-order valence-electron chi connectivity index (χ3n) is 7.07. The quantitative estimate of drug-likeness (QED) is 0.310. The number of halogens is 4. The molecule has 0 fully saturated rings. The second kappa shape index (κ2) is 10.8. The highest BCUT2D eigenvalue weighted by atomic mass is 32.2. The molecule has 1 atom stereocenters. The van der Waals surface area contributed by atoms with E-state index in [4.69, 9.17) is 5.73 Å². The molecule has 8 nitrogen and oxygen atoms in total. The minimum Gasteiger partial charge on any atom is -0.319 e. The maximum Gasteiger partial charge on any atom is 0.417 e. The number of nitrogens with zero attached hydrogens (tertiary/aromatic N) is 4. The van der Waals surface area contributed by atoms with Gasteiger partial charge in [0.05, 0.1) is 52.1 Å². The summed E-state index contributed by atoms with van der Waals surface area (Å²) in [7, 11) is -4.14. The zero-order chi connectivity index (χ0) is 31.3. The van der Waals surface area contributed by atoms with Gasteiger partial charge in [-0.3, -0.25) is 9.78 Å². The smallest absolute Gasteiger partial charge is 0.319 e. The van der Waals surface area contributed by atoms with Gasteiger partial charge in [0.15, 0.2) is 9.84 Å². The van der Waals surface area contributed by atoms with Crippen LogP contribution in [0.5, 0.6) is 0 Å². The van der Waals surface area contributed by atoms with E-state index in [0.717, 1.165) is 18.3 Å². The molecule has 0 saturated carbocycles. The Labute approximate surface area is 245 Å². The fourth-order valence-electron chi connectivity index (χ4n) is 4.68. The van der Waals surface area contributed by atoms with Gasteiger partial charge in [-0.05, 0) is 35.9 Å². The van der Waals surface area contributed by atoms with Gasteiger partial charge in [0.1, 0.15) is 5.82 Å². The number of hydrogen-bond acceptors (Lipinski definition) is 7. The first-order valence-corrected chi connectivity index (χ1v) is 14.8. The lowest BCUT2D eigenvalue weighted by molar-refractivity contribution is -0.137. The average Bonchev–Trinajstić information content (AvgIpc) is 3.00. The summed E-state index contributed by atoms with van der Waals surface area (Å²) >= 11 is 0. The van der Waals surface area contributed by atoms with E-state index in [1.165, 1.54) is 23.2 Å². The number of amides is 1. The minimum absolute atomic E-state index is 0.0306. The van der Waals surface area contributed by atoms with Crippen molar-refractivity contribution in [2.45, 2.75) is 49.8 Å². The van der Waals surface area contributed by atoms with Crippen molar-refractivity contribution in [1.29, 1.82) is 0 Å². The van der Waals surface area contributed by atoms with E-state index >= 15 is 4.39 Å². The van der Waals surface area contributed by atoms with Crippen molar-refractivity contribution in [3.8, 4) is 22.4 Å². The normalized spacial score (nSPS) is 17.0. The van der Waals surface area contributed by atoms with Gasteiger partial charge in [0.25, 0.3) is 0 Å². The Kier molecular flexibility index (Phi) is 7.59. The summed E-state index contributed by atoms with van der Waals surface area (Å²) in [6, 6.07) is 11.2. The summed E-state index contributed by atoms with van der Waals surface area (Å²) in [4.78, 5) is 18.2. The molecule has 13 heteroatoms. The van der Waals surface area contributed by atoms with Crippen LogP contribution in [0.25, 0.3) is 22.4 Å². The van der Waals surface area contributed by atoms with Crippen LogP contribution < -0.4 is 10.6 Å². The van der Waals surface area contributed by atoms with E-state index in [1.54, 1.807) is 30.3 Å². The van der Waals surface area contributed by atoms with Crippen LogP contribution in [0.1, 0.15) is 37.6 Å².